The lowest BCUT2D eigenvalue weighted by Gasteiger charge is -2.32. The lowest BCUT2D eigenvalue weighted by Crippen LogP contribution is -2.46. The molecule has 1 aromatic carbocycles. The molecule has 0 unspecified atom stereocenters. The first-order valence-corrected chi connectivity index (χ1v) is 6.89. The molecule has 0 atom stereocenters. The fraction of sp³-hybridized carbons (Fsp3) is 0.533. The maximum absolute atomic E-state index is 10.8. The van der Waals surface area contributed by atoms with Crippen molar-refractivity contribution < 1.29 is 4.79 Å². The number of benzene rings is 1. The van der Waals surface area contributed by atoms with Crippen molar-refractivity contribution in [2.45, 2.75) is 39.3 Å². The molecule has 1 aliphatic rings. The molecule has 0 saturated carbocycles. The van der Waals surface area contributed by atoms with E-state index in [0.29, 0.717) is 0 Å². The van der Waals surface area contributed by atoms with E-state index in [1.165, 1.54) is 16.7 Å². The predicted molar refractivity (Wildman–Crippen MR) is 76.9 cm³/mol. The number of likely N-dealkylation sites (tertiary alicyclic amines) is 1. The van der Waals surface area contributed by atoms with E-state index < -0.39 is 6.03 Å². The predicted octanol–water partition coefficient (Wildman–Crippen LogP) is 1.94. The van der Waals surface area contributed by atoms with E-state index in [4.69, 9.17) is 5.73 Å². The summed E-state index contributed by atoms with van der Waals surface area (Å²) in [5.74, 6) is 0. The zero-order chi connectivity index (χ0) is 13.8. The van der Waals surface area contributed by atoms with Gasteiger partial charge in [-0.15, -0.1) is 0 Å². The molecule has 0 spiro atoms. The largest absolute Gasteiger partial charge is 0.352 e. The number of nitrogens with two attached hydrogens (primary N) is 1. The summed E-state index contributed by atoms with van der Waals surface area (Å²) >= 11 is 0. The SMILES string of the molecule is Cc1ccc(CN2CCC(NC(N)=O)CC2)cc1C. The van der Waals surface area contributed by atoms with Crippen LogP contribution in [0.4, 0.5) is 4.79 Å². The van der Waals surface area contributed by atoms with Crippen molar-refractivity contribution in [1.29, 1.82) is 0 Å². The quantitative estimate of drug-likeness (QED) is 0.873. The van der Waals surface area contributed by atoms with Crippen LogP contribution in [-0.2, 0) is 6.54 Å². The molecule has 4 heteroatoms. The molecule has 1 fully saturated rings. The number of aryl methyl sites for hydroxylation is 2. The minimum Gasteiger partial charge on any atom is -0.352 e. The maximum atomic E-state index is 10.8. The number of hydrogen-bond donors (Lipinski definition) is 2. The van der Waals surface area contributed by atoms with Crippen LogP contribution in [0.15, 0.2) is 18.2 Å². The molecular formula is C15H23N3O. The van der Waals surface area contributed by atoms with E-state index in [2.05, 4.69) is 42.3 Å². The third-order valence-electron chi connectivity index (χ3n) is 3.91. The Morgan fingerprint density at radius 1 is 1.32 bits per heavy atom. The third-order valence-corrected chi connectivity index (χ3v) is 3.91. The van der Waals surface area contributed by atoms with E-state index in [0.717, 1.165) is 32.5 Å². The summed E-state index contributed by atoms with van der Waals surface area (Å²) in [6.45, 7) is 7.31. The number of rotatable bonds is 3. The van der Waals surface area contributed by atoms with Gasteiger partial charge in [0.25, 0.3) is 0 Å². The van der Waals surface area contributed by atoms with Crippen LogP contribution >= 0.6 is 0 Å². The number of carbonyl (C=O) groups is 1. The summed E-state index contributed by atoms with van der Waals surface area (Å²) in [7, 11) is 0. The van der Waals surface area contributed by atoms with Crippen molar-refractivity contribution in [1.82, 2.24) is 10.2 Å². The Kier molecular flexibility index (Phi) is 4.43. The Labute approximate surface area is 115 Å². The van der Waals surface area contributed by atoms with Gasteiger partial charge in [-0.1, -0.05) is 18.2 Å². The molecule has 2 rings (SSSR count). The van der Waals surface area contributed by atoms with Crippen LogP contribution in [-0.4, -0.2) is 30.1 Å². The second kappa shape index (κ2) is 6.06. The van der Waals surface area contributed by atoms with E-state index >= 15 is 0 Å². The van der Waals surface area contributed by atoms with E-state index in [-0.39, 0.29) is 6.04 Å². The van der Waals surface area contributed by atoms with Gasteiger partial charge in [0.15, 0.2) is 0 Å². The standard InChI is InChI=1S/C15H23N3O/c1-11-3-4-13(9-12(11)2)10-18-7-5-14(6-8-18)17-15(16)19/h3-4,9,14H,5-8,10H2,1-2H3,(H3,16,17,19). The zero-order valence-corrected chi connectivity index (χ0v) is 11.8. The summed E-state index contributed by atoms with van der Waals surface area (Å²) in [6.07, 6.45) is 1.96. The molecular weight excluding hydrogens is 238 g/mol. The molecule has 0 aliphatic carbocycles. The van der Waals surface area contributed by atoms with Crippen LogP contribution in [0.5, 0.6) is 0 Å². The fourth-order valence-corrected chi connectivity index (χ4v) is 2.60. The maximum Gasteiger partial charge on any atom is 0.312 e. The Balaban J connectivity index is 1.85. The van der Waals surface area contributed by atoms with Crippen LogP contribution < -0.4 is 11.1 Å². The van der Waals surface area contributed by atoms with Crippen LogP contribution in [0.2, 0.25) is 0 Å². The molecule has 0 aromatic heterocycles. The molecule has 0 radical (unpaired) electrons. The molecule has 1 aliphatic heterocycles. The highest BCUT2D eigenvalue weighted by Gasteiger charge is 2.19. The Morgan fingerprint density at radius 3 is 2.58 bits per heavy atom. The number of nitrogens with zero attached hydrogens (tertiary/aromatic N) is 1. The summed E-state index contributed by atoms with van der Waals surface area (Å²) in [5.41, 5.74) is 9.20. The van der Waals surface area contributed by atoms with E-state index in [1.807, 2.05) is 0 Å². The van der Waals surface area contributed by atoms with Crippen molar-refractivity contribution in [3.8, 4) is 0 Å². The highest BCUT2D eigenvalue weighted by Crippen LogP contribution is 2.16. The molecule has 4 nitrogen and oxygen atoms in total. The van der Waals surface area contributed by atoms with Crippen molar-refractivity contribution >= 4 is 6.03 Å². The number of nitrogens with one attached hydrogen (secondary N) is 1. The molecule has 2 amide bonds. The normalized spacial score (nSPS) is 17.4. The number of piperidine rings is 1. The second-order valence-electron chi connectivity index (χ2n) is 5.48. The van der Waals surface area contributed by atoms with E-state index in [1.54, 1.807) is 0 Å². The van der Waals surface area contributed by atoms with E-state index in [9.17, 15) is 4.79 Å². The van der Waals surface area contributed by atoms with Gasteiger partial charge in [-0.3, -0.25) is 4.90 Å². The summed E-state index contributed by atoms with van der Waals surface area (Å²) in [4.78, 5) is 13.2. The van der Waals surface area contributed by atoms with Gasteiger partial charge >= 0.3 is 6.03 Å². The third kappa shape index (κ3) is 3.96. The highest BCUT2D eigenvalue weighted by atomic mass is 16.2. The average Bonchev–Trinajstić information content (AvgIpc) is 2.36. The highest BCUT2D eigenvalue weighted by molar-refractivity contribution is 5.71. The molecule has 1 heterocycles. The summed E-state index contributed by atoms with van der Waals surface area (Å²) in [6, 6.07) is 6.49. The average molecular weight is 261 g/mol. The van der Waals surface area contributed by atoms with Gasteiger partial charge in [0.05, 0.1) is 0 Å². The van der Waals surface area contributed by atoms with Gasteiger partial charge in [-0.05, 0) is 43.4 Å². The smallest absolute Gasteiger partial charge is 0.312 e. The van der Waals surface area contributed by atoms with Gasteiger partial charge in [0, 0.05) is 25.7 Å². The number of carbonyl (C=O) groups excluding carboxylic acids is 1. The van der Waals surface area contributed by atoms with Crippen LogP contribution in [0.3, 0.4) is 0 Å². The first kappa shape index (κ1) is 13.9. The zero-order valence-electron chi connectivity index (χ0n) is 11.8. The Bertz CT molecular complexity index is 451. The Hall–Kier alpha value is -1.55. The molecule has 0 bridgehead atoms. The number of amides is 2. The summed E-state index contributed by atoms with van der Waals surface area (Å²) in [5, 5.41) is 2.79. The van der Waals surface area contributed by atoms with Crippen LogP contribution in [0.1, 0.15) is 29.5 Å². The molecule has 3 N–H and O–H groups in total. The monoisotopic (exact) mass is 261 g/mol. The minimum atomic E-state index is -0.410. The second-order valence-corrected chi connectivity index (χ2v) is 5.48. The minimum absolute atomic E-state index is 0.244. The topological polar surface area (TPSA) is 58.4 Å². The molecule has 19 heavy (non-hydrogen) atoms. The first-order chi connectivity index (χ1) is 9.04. The van der Waals surface area contributed by atoms with Gasteiger partial charge in [0.1, 0.15) is 0 Å². The number of hydrogen-bond acceptors (Lipinski definition) is 2. The van der Waals surface area contributed by atoms with Crippen molar-refractivity contribution in [2.75, 3.05) is 13.1 Å². The van der Waals surface area contributed by atoms with Gasteiger partial charge in [-0.2, -0.15) is 0 Å². The molecule has 104 valence electrons. The van der Waals surface area contributed by atoms with Crippen LogP contribution in [0.25, 0.3) is 0 Å². The Morgan fingerprint density at radius 2 is 2.00 bits per heavy atom. The first-order valence-electron chi connectivity index (χ1n) is 6.89. The van der Waals surface area contributed by atoms with Gasteiger partial charge in [0.2, 0.25) is 0 Å². The number of primary amides is 1. The molecule has 1 saturated heterocycles. The summed E-state index contributed by atoms with van der Waals surface area (Å²) < 4.78 is 0. The fourth-order valence-electron chi connectivity index (χ4n) is 2.60. The van der Waals surface area contributed by atoms with Crippen molar-refractivity contribution in [2.24, 2.45) is 5.73 Å². The van der Waals surface area contributed by atoms with Gasteiger partial charge in [-0.25, -0.2) is 4.79 Å². The van der Waals surface area contributed by atoms with Crippen molar-refractivity contribution in [3.63, 3.8) is 0 Å². The lowest BCUT2D eigenvalue weighted by atomic mass is 10.0. The van der Waals surface area contributed by atoms with Gasteiger partial charge < -0.3 is 11.1 Å². The van der Waals surface area contributed by atoms with Crippen LogP contribution in [0, 0.1) is 13.8 Å². The molecule has 1 aromatic rings. The lowest BCUT2D eigenvalue weighted by molar-refractivity contribution is 0.189. The van der Waals surface area contributed by atoms with Crippen molar-refractivity contribution in [3.05, 3.63) is 34.9 Å². The number of urea groups is 1.